The molecule has 0 spiro atoms. The van der Waals surface area contributed by atoms with E-state index < -0.39 is 12.0 Å². The van der Waals surface area contributed by atoms with Crippen LogP contribution in [-0.4, -0.2) is 17.9 Å². The Hall–Kier alpha value is -2.53. The molecule has 2 amide bonds. The van der Waals surface area contributed by atoms with Gasteiger partial charge in [0.25, 0.3) is 5.91 Å². The lowest BCUT2D eigenvalue weighted by Gasteiger charge is -2.16. The van der Waals surface area contributed by atoms with E-state index in [0.29, 0.717) is 22.0 Å². The van der Waals surface area contributed by atoms with Crippen LogP contribution in [0.4, 0.5) is 5.69 Å². The number of carbonyl (C=O) groups excluding carboxylic acids is 2. The number of ether oxygens (including phenoxy) is 1. The third kappa shape index (κ3) is 4.47. The Morgan fingerprint density at radius 3 is 2.61 bits per heavy atom. The average molecular weight is 333 g/mol. The summed E-state index contributed by atoms with van der Waals surface area (Å²) in [6, 6.07) is 11.6. The van der Waals surface area contributed by atoms with Crippen LogP contribution in [0.2, 0.25) is 5.02 Å². The van der Waals surface area contributed by atoms with Gasteiger partial charge in [-0.2, -0.15) is 0 Å². The monoisotopic (exact) mass is 332 g/mol. The fraction of sp³-hybridized carbons (Fsp3) is 0.176. The van der Waals surface area contributed by atoms with Crippen LogP contribution in [0.3, 0.4) is 0 Å². The highest BCUT2D eigenvalue weighted by molar-refractivity contribution is 6.30. The Balaban J connectivity index is 2.05. The summed E-state index contributed by atoms with van der Waals surface area (Å²) in [5, 5.41) is 3.30. The highest BCUT2D eigenvalue weighted by atomic mass is 35.5. The Bertz CT molecular complexity index is 746. The SMILES string of the molecule is Cc1cc(Cl)ccc1OC(C)C(=O)Nc1cccc(C(N)=O)c1. The number of carbonyl (C=O) groups is 2. The van der Waals surface area contributed by atoms with Gasteiger partial charge in [0.1, 0.15) is 5.75 Å². The number of benzene rings is 2. The number of hydrogen-bond donors (Lipinski definition) is 2. The minimum atomic E-state index is -0.716. The maximum atomic E-state index is 12.2. The number of primary amides is 1. The fourth-order valence-electron chi connectivity index (χ4n) is 1.98. The first-order valence-electron chi connectivity index (χ1n) is 7.00. The van der Waals surface area contributed by atoms with E-state index in [0.717, 1.165) is 5.56 Å². The zero-order valence-electron chi connectivity index (χ0n) is 12.8. The molecule has 0 saturated carbocycles. The minimum Gasteiger partial charge on any atom is -0.481 e. The maximum Gasteiger partial charge on any atom is 0.265 e. The van der Waals surface area contributed by atoms with E-state index in [1.54, 1.807) is 43.3 Å². The molecule has 6 heteroatoms. The van der Waals surface area contributed by atoms with Gasteiger partial charge in [0.05, 0.1) is 0 Å². The van der Waals surface area contributed by atoms with Crippen LogP contribution in [0.1, 0.15) is 22.8 Å². The molecule has 0 aromatic heterocycles. The van der Waals surface area contributed by atoms with Gasteiger partial charge in [-0.15, -0.1) is 0 Å². The third-order valence-electron chi connectivity index (χ3n) is 3.22. The summed E-state index contributed by atoms with van der Waals surface area (Å²) < 4.78 is 5.65. The van der Waals surface area contributed by atoms with E-state index >= 15 is 0 Å². The van der Waals surface area contributed by atoms with Gasteiger partial charge < -0.3 is 15.8 Å². The van der Waals surface area contributed by atoms with Crippen molar-refractivity contribution in [2.75, 3.05) is 5.32 Å². The number of nitrogens with two attached hydrogens (primary N) is 1. The molecule has 2 aromatic carbocycles. The van der Waals surface area contributed by atoms with E-state index in [1.807, 2.05) is 6.92 Å². The van der Waals surface area contributed by atoms with E-state index in [4.69, 9.17) is 22.1 Å². The molecule has 1 atom stereocenters. The number of rotatable bonds is 5. The quantitative estimate of drug-likeness (QED) is 0.882. The van der Waals surface area contributed by atoms with Gasteiger partial charge in [0.15, 0.2) is 6.10 Å². The molecule has 23 heavy (non-hydrogen) atoms. The zero-order valence-corrected chi connectivity index (χ0v) is 13.6. The lowest BCUT2D eigenvalue weighted by atomic mass is 10.2. The summed E-state index contributed by atoms with van der Waals surface area (Å²) in [6.07, 6.45) is -0.716. The predicted molar refractivity (Wildman–Crippen MR) is 89.9 cm³/mol. The first kappa shape index (κ1) is 16.8. The summed E-state index contributed by atoms with van der Waals surface area (Å²) in [4.78, 5) is 23.4. The fourth-order valence-corrected chi connectivity index (χ4v) is 2.21. The van der Waals surface area contributed by atoms with Gasteiger partial charge in [0.2, 0.25) is 5.91 Å². The van der Waals surface area contributed by atoms with Gasteiger partial charge in [-0.05, 0) is 55.8 Å². The van der Waals surface area contributed by atoms with Crippen molar-refractivity contribution in [3.05, 3.63) is 58.6 Å². The molecule has 5 nitrogen and oxygen atoms in total. The van der Waals surface area contributed by atoms with Gasteiger partial charge in [0, 0.05) is 16.3 Å². The van der Waals surface area contributed by atoms with Crippen molar-refractivity contribution in [2.24, 2.45) is 5.73 Å². The summed E-state index contributed by atoms with van der Waals surface area (Å²) in [7, 11) is 0. The van der Waals surface area contributed by atoms with Crippen molar-refractivity contribution in [3.8, 4) is 5.75 Å². The van der Waals surface area contributed by atoms with Crippen LogP contribution in [-0.2, 0) is 4.79 Å². The van der Waals surface area contributed by atoms with E-state index in [-0.39, 0.29) is 5.91 Å². The van der Waals surface area contributed by atoms with Gasteiger partial charge >= 0.3 is 0 Å². The highest BCUT2D eigenvalue weighted by Gasteiger charge is 2.16. The Morgan fingerprint density at radius 1 is 1.22 bits per heavy atom. The Morgan fingerprint density at radius 2 is 1.96 bits per heavy atom. The van der Waals surface area contributed by atoms with Crippen molar-refractivity contribution in [2.45, 2.75) is 20.0 Å². The number of hydrogen-bond acceptors (Lipinski definition) is 3. The Labute approximate surface area is 139 Å². The lowest BCUT2D eigenvalue weighted by molar-refractivity contribution is -0.122. The molecular formula is C17H17ClN2O3. The number of anilines is 1. The summed E-state index contributed by atoms with van der Waals surface area (Å²) in [5.74, 6) is -0.300. The van der Waals surface area contributed by atoms with E-state index in [2.05, 4.69) is 5.32 Å². The van der Waals surface area contributed by atoms with E-state index in [1.165, 1.54) is 6.07 Å². The second-order valence-corrected chi connectivity index (χ2v) is 5.54. The molecule has 1 unspecified atom stereocenters. The smallest absolute Gasteiger partial charge is 0.265 e. The van der Waals surface area contributed by atoms with Crippen molar-refractivity contribution >= 4 is 29.1 Å². The molecule has 0 aliphatic carbocycles. The molecule has 0 radical (unpaired) electrons. The highest BCUT2D eigenvalue weighted by Crippen LogP contribution is 2.23. The molecule has 120 valence electrons. The third-order valence-corrected chi connectivity index (χ3v) is 3.46. The van der Waals surface area contributed by atoms with Crippen LogP contribution in [0.5, 0.6) is 5.75 Å². The van der Waals surface area contributed by atoms with Crippen LogP contribution in [0.15, 0.2) is 42.5 Å². The minimum absolute atomic E-state index is 0.324. The second kappa shape index (κ2) is 7.15. The van der Waals surface area contributed by atoms with Gasteiger partial charge in [-0.3, -0.25) is 9.59 Å². The molecule has 0 bridgehead atoms. The lowest BCUT2D eigenvalue weighted by Crippen LogP contribution is -2.30. The van der Waals surface area contributed by atoms with Gasteiger partial charge in [-0.1, -0.05) is 17.7 Å². The van der Waals surface area contributed by atoms with Crippen LogP contribution in [0.25, 0.3) is 0 Å². The topological polar surface area (TPSA) is 81.4 Å². The number of nitrogens with one attached hydrogen (secondary N) is 1. The molecule has 2 rings (SSSR count). The van der Waals surface area contributed by atoms with Crippen molar-refractivity contribution in [1.82, 2.24) is 0 Å². The number of halogens is 1. The summed E-state index contributed by atoms with van der Waals surface area (Å²) in [6.45, 7) is 3.49. The van der Waals surface area contributed by atoms with Crippen LogP contribution < -0.4 is 15.8 Å². The van der Waals surface area contributed by atoms with Crippen LogP contribution >= 0.6 is 11.6 Å². The molecule has 3 N–H and O–H groups in total. The van der Waals surface area contributed by atoms with Crippen molar-refractivity contribution < 1.29 is 14.3 Å². The Kier molecular flexibility index (Phi) is 5.24. The normalized spacial score (nSPS) is 11.6. The van der Waals surface area contributed by atoms with Crippen LogP contribution in [0, 0.1) is 6.92 Å². The molecule has 0 fully saturated rings. The number of aryl methyl sites for hydroxylation is 1. The molecule has 0 aliphatic heterocycles. The van der Waals surface area contributed by atoms with E-state index in [9.17, 15) is 9.59 Å². The predicted octanol–water partition coefficient (Wildman–Crippen LogP) is 3.15. The van der Waals surface area contributed by atoms with Crippen molar-refractivity contribution in [3.63, 3.8) is 0 Å². The maximum absolute atomic E-state index is 12.2. The number of amides is 2. The summed E-state index contributed by atoms with van der Waals surface area (Å²) in [5.41, 5.74) is 6.86. The van der Waals surface area contributed by atoms with Gasteiger partial charge in [-0.25, -0.2) is 0 Å². The second-order valence-electron chi connectivity index (χ2n) is 5.10. The largest absolute Gasteiger partial charge is 0.481 e. The molecule has 0 aliphatic rings. The summed E-state index contributed by atoms with van der Waals surface area (Å²) >= 11 is 5.89. The first-order chi connectivity index (χ1) is 10.9. The average Bonchev–Trinajstić information content (AvgIpc) is 2.50. The molecule has 2 aromatic rings. The molecule has 0 saturated heterocycles. The first-order valence-corrected chi connectivity index (χ1v) is 7.38. The van der Waals surface area contributed by atoms with Crippen molar-refractivity contribution in [1.29, 1.82) is 0 Å². The molecule has 0 heterocycles. The standard InChI is InChI=1S/C17H17ClN2O3/c1-10-8-13(18)6-7-15(10)23-11(2)17(22)20-14-5-3-4-12(9-14)16(19)21/h3-9,11H,1-2H3,(H2,19,21)(H,20,22). The zero-order chi connectivity index (χ0) is 17.0. The molecular weight excluding hydrogens is 316 g/mol.